The van der Waals surface area contributed by atoms with Crippen LogP contribution in [0, 0.1) is 0 Å². The number of fused-ring (bicyclic) bond motifs is 1. The molecule has 1 aromatic heterocycles. The molecule has 1 N–H and O–H groups in total. The van der Waals surface area contributed by atoms with E-state index in [-0.39, 0.29) is 11.6 Å². The molecule has 0 amide bonds. The molecule has 4 nitrogen and oxygen atoms in total. The van der Waals surface area contributed by atoms with Gasteiger partial charge in [-0.3, -0.25) is 9.59 Å². The smallest absolute Gasteiger partial charge is 0.180 e. The maximum Gasteiger partial charge on any atom is 0.180 e. The van der Waals surface area contributed by atoms with Crippen LogP contribution in [-0.2, 0) is 4.79 Å². The molecular weight excluding hydrogens is 276 g/mol. The third-order valence-corrected chi connectivity index (χ3v) is 3.67. The van der Waals surface area contributed by atoms with Crippen LogP contribution in [0.1, 0.15) is 35.4 Å². The minimum absolute atomic E-state index is 0.132. The average molecular weight is 292 g/mol. The van der Waals surface area contributed by atoms with E-state index in [9.17, 15) is 9.59 Å². The molecular formula is C18H16N2O2. The summed E-state index contributed by atoms with van der Waals surface area (Å²) in [6, 6.07) is 16.4. The second-order valence-corrected chi connectivity index (χ2v) is 5.12. The molecule has 0 radical (unpaired) electrons. The van der Waals surface area contributed by atoms with Gasteiger partial charge in [0.15, 0.2) is 11.6 Å². The van der Waals surface area contributed by atoms with E-state index in [0.29, 0.717) is 17.8 Å². The summed E-state index contributed by atoms with van der Waals surface area (Å²) in [5.74, 6) is -0.805. The number of hydrogen-bond acceptors (Lipinski definition) is 3. The highest BCUT2D eigenvalue weighted by atomic mass is 16.2. The normalized spacial score (nSPS) is 12.2. The number of rotatable bonds is 5. The summed E-state index contributed by atoms with van der Waals surface area (Å²) >= 11 is 0. The molecule has 0 saturated carbocycles. The highest BCUT2D eigenvalue weighted by molar-refractivity contribution is 6.14. The third-order valence-electron chi connectivity index (χ3n) is 3.67. The van der Waals surface area contributed by atoms with E-state index in [1.807, 2.05) is 30.3 Å². The zero-order chi connectivity index (χ0) is 15.5. The molecule has 110 valence electrons. The van der Waals surface area contributed by atoms with Crippen LogP contribution in [0.15, 0.2) is 54.6 Å². The molecule has 1 heterocycles. The molecule has 2 aromatic carbocycles. The van der Waals surface area contributed by atoms with Crippen LogP contribution in [0.3, 0.4) is 0 Å². The largest absolute Gasteiger partial charge is 0.341 e. The Morgan fingerprint density at radius 1 is 1.05 bits per heavy atom. The summed E-state index contributed by atoms with van der Waals surface area (Å²) in [6.45, 7) is 1.76. The van der Waals surface area contributed by atoms with Gasteiger partial charge in [-0.25, -0.2) is 4.98 Å². The second kappa shape index (κ2) is 5.93. The van der Waals surface area contributed by atoms with Crippen molar-refractivity contribution in [3.63, 3.8) is 0 Å². The topological polar surface area (TPSA) is 62.8 Å². The first-order chi connectivity index (χ1) is 10.7. The molecule has 1 atom stereocenters. The molecule has 0 fully saturated rings. The van der Waals surface area contributed by atoms with Gasteiger partial charge in [0.25, 0.3) is 0 Å². The van der Waals surface area contributed by atoms with Crippen LogP contribution < -0.4 is 0 Å². The lowest BCUT2D eigenvalue weighted by Gasteiger charge is -2.11. The summed E-state index contributed by atoms with van der Waals surface area (Å²) in [4.78, 5) is 32.6. The van der Waals surface area contributed by atoms with Gasteiger partial charge < -0.3 is 4.98 Å². The van der Waals surface area contributed by atoms with Crippen LogP contribution in [0.2, 0.25) is 0 Å². The first kappa shape index (κ1) is 14.2. The van der Waals surface area contributed by atoms with Crippen molar-refractivity contribution >= 4 is 22.6 Å². The number of H-pyrrole nitrogens is 1. The quantitative estimate of drug-likeness (QED) is 0.578. The van der Waals surface area contributed by atoms with Gasteiger partial charge in [0.1, 0.15) is 11.7 Å². The van der Waals surface area contributed by atoms with Crippen LogP contribution in [0.4, 0.5) is 0 Å². The number of Topliss-reactive ketones (excluding diaryl/α,β-unsaturated/α-hetero) is 2. The predicted octanol–water partition coefficient (Wildman–Crippen LogP) is 3.51. The predicted molar refractivity (Wildman–Crippen MR) is 84.9 cm³/mol. The SMILES string of the molecule is CCC(=O)C(C(=O)c1ccccc1)c1nc2ccccc2[nH]1. The number of hydrogen-bond donors (Lipinski definition) is 1. The number of carbonyl (C=O) groups is 2. The van der Waals surface area contributed by atoms with E-state index in [1.54, 1.807) is 31.2 Å². The molecule has 0 bridgehead atoms. The summed E-state index contributed by atoms with van der Waals surface area (Å²) in [6.07, 6.45) is 0.292. The van der Waals surface area contributed by atoms with Gasteiger partial charge in [0.2, 0.25) is 0 Å². The fourth-order valence-electron chi connectivity index (χ4n) is 2.51. The molecule has 0 aliphatic carbocycles. The Labute approximate surface area is 128 Å². The van der Waals surface area contributed by atoms with Crippen molar-refractivity contribution < 1.29 is 9.59 Å². The van der Waals surface area contributed by atoms with Crippen molar-refractivity contribution in [3.05, 3.63) is 66.0 Å². The Kier molecular flexibility index (Phi) is 3.83. The first-order valence-corrected chi connectivity index (χ1v) is 7.27. The molecule has 0 aliphatic heterocycles. The van der Waals surface area contributed by atoms with Crippen LogP contribution >= 0.6 is 0 Å². The van der Waals surface area contributed by atoms with Crippen LogP contribution in [0.5, 0.6) is 0 Å². The number of nitrogens with one attached hydrogen (secondary N) is 1. The number of ketones is 2. The highest BCUT2D eigenvalue weighted by Crippen LogP contribution is 2.23. The molecule has 22 heavy (non-hydrogen) atoms. The number of nitrogens with zero attached hydrogens (tertiary/aromatic N) is 1. The van der Waals surface area contributed by atoms with Crippen molar-refractivity contribution in [2.24, 2.45) is 0 Å². The molecule has 3 rings (SSSR count). The summed E-state index contributed by atoms with van der Waals surface area (Å²) < 4.78 is 0. The zero-order valence-electron chi connectivity index (χ0n) is 12.2. The van der Waals surface area contributed by atoms with Crippen molar-refractivity contribution in [2.75, 3.05) is 0 Å². The molecule has 1 unspecified atom stereocenters. The number of aromatic amines is 1. The van der Waals surface area contributed by atoms with Crippen molar-refractivity contribution in [3.8, 4) is 0 Å². The summed E-state index contributed by atoms with van der Waals surface area (Å²) in [7, 11) is 0. The first-order valence-electron chi connectivity index (χ1n) is 7.27. The second-order valence-electron chi connectivity index (χ2n) is 5.12. The van der Waals surface area contributed by atoms with Gasteiger partial charge >= 0.3 is 0 Å². The maximum atomic E-state index is 12.7. The van der Waals surface area contributed by atoms with Crippen molar-refractivity contribution in [1.29, 1.82) is 0 Å². The number of para-hydroxylation sites is 2. The van der Waals surface area contributed by atoms with E-state index in [1.165, 1.54) is 0 Å². The van der Waals surface area contributed by atoms with Gasteiger partial charge in [-0.05, 0) is 12.1 Å². The van der Waals surface area contributed by atoms with Gasteiger partial charge in [-0.1, -0.05) is 49.4 Å². The monoisotopic (exact) mass is 292 g/mol. The summed E-state index contributed by atoms with van der Waals surface area (Å²) in [5.41, 5.74) is 2.11. The van der Waals surface area contributed by atoms with Crippen molar-refractivity contribution in [2.45, 2.75) is 19.3 Å². The van der Waals surface area contributed by atoms with E-state index in [0.717, 1.165) is 11.0 Å². The molecule has 4 heteroatoms. The van der Waals surface area contributed by atoms with Gasteiger partial charge in [-0.15, -0.1) is 0 Å². The Balaban J connectivity index is 2.06. The number of carbonyl (C=O) groups excluding carboxylic acids is 2. The van der Waals surface area contributed by atoms with E-state index >= 15 is 0 Å². The Hall–Kier alpha value is -2.75. The van der Waals surface area contributed by atoms with E-state index < -0.39 is 5.92 Å². The number of aromatic nitrogens is 2. The lowest BCUT2D eigenvalue weighted by atomic mass is 9.92. The van der Waals surface area contributed by atoms with Gasteiger partial charge in [0, 0.05) is 12.0 Å². The fraction of sp³-hybridized carbons (Fsp3) is 0.167. The summed E-state index contributed by atoms with van der Waals surface area (Å²) in [5, 5.41) is 0. The van der Waals surface area contributed by atoms with Crippen LogP contribution in [0.25, 0.3) is 11.0 Å². The molecule has 3 aromatic rings. The lowest BCUT2D eigenvalue weighted by Crippen LogP contribution is -2.23. The van der Waals surface area contributed by atoms with E-state index in [4.69, 9.17) is 0 Å². The Bertz CT molecular complexity index is 788. The Morgan fingerprint density at radius 2 is 1.73 bits per heavy atom. The van der Waals surface area contributed by atoms with Gasteiger partial charge in [-0.2, -0.15) is 0 Å². The fourth-order valence-corrected chi connectivity index (χ4v) is 2.51. The van der Waals surface area contributed by atoms with E-state index in [2.05, 4.69) is 9.97 Å². The zero-order valence-corrected chi connectivity index (χ0v) is 12.2. The Morgan fingerprint density at radius 3 is 2.41 bits per heavy atom. The number of benzene rings is 2. The molecule has 0 aliphatic rings. The highest BCUT2D eigenvalue weighted by Gasteiger charge is 2.30. The molecule has 0 saturated heterocycles. The van der Waals surface area contributed by atoms with Crippen LogP contribution in [-0.4, -0.2) is 21.5 Å². The minimum Gasteiger partial charge on any atom is -0.341 e. The average Bonchev–Trinajstić information content (AvgIpc) is 2.99. The number of imidazole rings is 1. The standard InChI is InChI=1S/C18H16N2O2/c1-2-15(21)16(17(22)12-8-4-3-5-9-12)18-19-13-10-6-7-11-14(13)20-18/h3-11,16H,2H2,1H3,(H,19,20). The maximum absolute atomic E-state index is 12.7. The third kappa shape index (κ3) is 2.55. The molecule has 0 spiro atoms. The minimum atomic E-state index is -0.875. The van der Waals surface area contributed by atoms with Gasteiger partial charge in [0.05, 0.1) is 11.0 Å². The lowest BCUT2D eigenvalue weighted by molar-refractivity contribution is -0.119. The van der Waals surface area contributed by atoms with Crippen molar-refractivity contribution in [1.82, 2.24) is 9.97 Å².